The van der Waals surface area contributed by atoms with Crippen LogP contribution in [-0.2, 0) is 0 Å². The lowest BCUT2D eigenvalue weighted by Crippen LogP contribution is -2.28. The predicted octanol–water partition coefficient (Wildman–Crippen LogP) is 4.72. The summed E-state index contributed by atoms with van der Waals surface area (Å²) in [5, 5.41) is 4.25. The van der Waals surface area contributed by atoms with Crippen LogP contribution in [0, 0.1) is 6.92 Å². The monoisotopic (exact) mass is 420 g/mol. The highest BCUT2D eigenvalue weighted by Gasteiger charge is 2.24. The van der Waals surface area contributed by atoms with E-state index in [0.29, 0.717) is 35.9 Å². The van der Waals surface area contributed by atoms with E-state index >= 15 is 0 Å². The number of nitrogens with one attached hydrogen (secondary N) is 1. The molecule has 7 heteroatoms. The maximum Gasteiger partial charge on any atom is 0.257 e. The van der Waals surface area contributed by atoms with Crippen LogP contribution in [0.15, 0.2) is 36.5 Å². The summed E-state index contributed by atoms with van der Waals surface area (Å²) in [4.78, 5) is 24.2. The second-order valence-electron chi connectivity index (χ2n) is 7.52. The third-order valence-corrected chi connectivity index (χ3v) is 5.31. The summed E-state index contributed by atoms with van der Waals surface area (Å²) in [7, 11) is 0. The Labute approximate surface area is 182 Å². The van der Waals surface area contributed by atoms with Crippen LogP contribution < -0.4 is 14.8 Å². The van der Waals surface area contributed by atoms with Gasteiger partial charge in [-0.2, -0.15) is 0 Å². The largest absolute Gasteiger partial charge is 0.494 e. The molecule has 1 N–H and O–H groups in total. The van der Waals surface area contributed by atoms with Crippen LogP contribution in [0.4, 0.5) is 11.4 Å². The molecular weight excluding hydrogens is 392 g/mol. The van der Waals surface area contributed by atoms with E-state index in [1.807, 2.05) is 56.0 Å². The molecule has 1 aliphatic heterocycles. The van der Waals surface area contributed by atoms with E-state index in [0.717, 1.165) is 48.4 Å². The van der Waals surface area contributed by atoms with Crippen molar-refractivity contribution in [2.75, 3.05) is 31.6 Å². The summed E-state index contributed by atoms with van der Waals surface area (Å²) in [6.45, 7) is 8.45. The number of hydrogen-bond donors (Lipinski definition) is 1. The zero-order valence-electron chi connectivity index (χ0n) is 18.3. The van der Waals surface area contributed by atoms with Crippen molar-refractivity contribution in [3.63, 3.8) is 0 Å². The zero-order valence-corrected chi connectivity index (χ0v) is 18.3. The quantitative estimate of drug-likeness (QED) is 0.596. The van der Waals surface area contributed by atoms with E-state index in [2.05, 4.69) is 15.3 Å². The molecule has 3 heterocycles. The highest BCUT2D eigenvalue weighted by Crippen LogP contribution is 2.36. The second kappa shape index (κ2) is 9.20. The molecule has 1 saturated heterocycles. The van der Waals surface area contributed by atoms with Crippen LogP contribution in [0.3, 0.4) is 0 Å². The van der Waals surface area contributed by atoms with Gasteiger partial charge in [0.05, 0.1) is 30.2 Å². The topological polar surface area (TPSA) is 76.6 Å². The molecule has 7 nitrogen and oxygen atoms in total. The lowest BCUT2D eigenvalue weighted by Gasteiger charge is -2.21. The van der Waals surface area contributed by atoms with Crippen LogP contribution in [0.2, 0.25) is 0 Å². The van der Waals surface area contributed by atoms with Crippen LogP contribution in [0.25, 0.3) is 11.0 Å². The molecule has 31 heavy (non-hydrogen) atoms. The van der Waals surface area contributed by atoms with Crippen molar-refractivity contribution in [3.05, 3.63) is 47.8 Å². The van der Waals surface area contributed by atoms with Crippen molar-refractivity contribution in [1.29, 1.82) is 0 Å². The molecular formula is C24H28N4O3. The highest BCUT2D eigenvalue weighted by molar-refractivity contribution is 6.07. The Kier molecular flexibility index (Phi) is 6.21. The Hall–Kier alpha value is -3.35. The number of pyridine rings is 2. The van der Waals surface area contributed by atoms with Gasteiger partial charge in [-0.05, 0) is 57.9 Å². The fourth-order valence-electron chi connectivity index (χ4n) is 3.84. The number of rotatable bonds is 7. The van der Waals surface area contributed by atoms with Gasteiger partial charge < -0.3 is 19.7 Å². The van der Waals surface area contributed by atoms with Gasteiger partial charge in [0, 0.05) is 36.4 Å². The molecule has 0 bridgehead atoms. The summed E-state index contributed by atoms with van der Waals surface area (Å²) in [5.41, 5.74) is 3.42. The number of likely N-dealkylation sites (tertiary alicyclic amines) is 1. The predicted molar refractivity (Wildman–Crippen MR) is 121 cm³/mol. The van der Waals surface area contributed by atoms with E-state index in [1.54, 1.807) is 6.20 Å². The minimum Gasteiger partial charge on any atom is -0.494 e. The van der Waals surface area contributed by atoms with Crippen molar-refractivity contribution in [3.8, 4) is 11.5 Å². The summed E-state index contributed by atoms with van der Waals surface area (Å²) in [6, 6.07) is 9.54. The number of ether oxygens (including phenoxy) is 2. The molecule has 1 amide bonds. The number of fused-ring (bicyclic) bond motifs is 1. The SMILES string of the molecule is CCOc1ccc(OCC)c(Nc2c(C(=O)N3CCCC3)cnc3nc(C)ccc23)c1. The Morgan fingerprint density at radius 3 is 2.61 bits per heavy atom. The van der Waals surface area contributed by atoms with E-state index in [-0.39, 0.29) is 5.91 Å². The Bertz CT molecular complexity index is 1090. The van der Waals surface area contributed by atoms with Gasteiger partial charge in [-0.3, -0.25) is 4.79 Å². The number of aromatic nitrogens is 2. The molecule has 0 radical (unpaired) electrons. The lowest BCUT2D eigenvalue weighted by molar-refractivity contribution is 0.0793. The van der Waals surface area contributed by atoms with Crippen LogP contribution >= 0.6 is 0 Å². The number of carbonyl (C=O) groups excluding carboxylic acids is 1. The van der Waals surface area contributed by atoms with Gasteiger partial charge in [-0.1, -0.05) is 0 Å². The fraction of sp³-hybridized carbons (Fsp3) is 0.375. The molecule has 2 aromatic heterocycles. The van der Waals surface area contributed by atoms with Crippen LogP contribution in [0.1, 0.15) is 42.7 Å². The maximum absolute atomic E-state index is 13.3. The Balaban J connectivity index is 1.84. The number of aryl methyl sites for hydroxylation is 1. The molecule has 1 aliphatic rings. The summed E-state index contributed by atoms with van der Waals surface area (Å²) >= 11 is 0. The number of nitrogens with zero attached hydrogens (tertiary/aromatic N) is 3. The first-order valence-corrected chi connectivity index (χ1v) is 10.8. The first-order chi connectivity index (χ1) is 15.1. The number of carbonyl (C=O) groups is 1. The molecule has 1 aromatic carbocycles. The molecule has 0 aliphatic carbocycles. The van der Waals surface area contributed by atoms with Crippen molar-refractivity contribution < 1.29 is 14.3 Å². The fourth-order valence-corrected chi connectivity index (χ4v) is 3.84. The van der Waals surface area contributed by atoms with Gasteiger partial charge in [0.25, 0.3) is 5.91 Å². The summed E-state index contributed by atoms with van der Waals surface area (Å²) in [5.74, 6) is 1.40. The third kappa shape index (κ3) is 4.40. The van der Waals surface area contributed by atoms with E-state index in [9.17, 15) is 4.79 Å². The van der Waals surface area contributed by atoms with Gasteiger partial charge >= 0.3 is 0 Å². The standard InChI is InChI=1S/C24H28N4O3/c1-4-30-17-9-11-21(31-5-2)20(14-17)27-22-18-10-8-16(3)26-23(18)25-15-19(22)24(29)28-12-6-7-13-28/h8-11,14-15H,4-7,12-13H2,1-3H3,(H,25,26,27). The van der Waals surface area contributed by atoms with Gasteiger partial charge in [0.1, 0.15) is 11.5 Å². The second-order valence-corrected chi connectivity index (χ2v) is 7.52. The maximum atomic E-state index is 13.3. The minimum absolute atomic E-state index is 0.0195. The molecule has 0 spiro atoms. The normalized spacial score (nSPS) is 13.5. The van der Waals surface area contributed by atoms with Gasteiger partial charge in [-0.25, -0.2) is 9.97 Å². The Morgan fingerprint density at radius 1 is 1.10 bits per heavy atom. The molecule has 0 atom stereocenters. The molecule has 4 rings (SSSR count). The summed E-state index contributed by atoms with van der Waals surface area (Å²) < 4.78 is 11.5. The molecule has 0 saturated carbocycles. The first-order valence-electron chi connectivity index (χ1n) is 10.8. The van der Waals surface area contributed by atoms with Crippen molar-refractivity contribution in [2.24, 2.45) is 0 Å². The molecule has 3 aromatic rings. The average molecular weight is 421 g/mol. The van der Waals surface area contributed by atoms with E-state index in [4.69, 9.17) is 9.47 Å². The molecule has 162 valence electrons. The smallest absolute Gasteiger partial charge is 0.257 e. The lowest BCUT2D eigenvalue weighted by atomic mass is 10.1. The molecule has 1 fully saturated rings. The first kappa shape index (κ1) is 20.9. The van der Waals surface area contributed by atoms with E-state index in [1.165, 1.54) is 0 Å². The number of benzene rings is 1. The molecule has 0 unspecified atom stereocenters. The van der Waals surface area contributed by atoms with Crippen molar-refractivity contribution >= 4 is 28.3 Å². The van der Waals surface area contributed by atoms with Gasteiger partial charge in [0.15, 0.2) is 5.65 Å². The number of hydrogen-bond acceptors (Lipinski definition) is 6. The summed E-state index contributed by atoms with van der Waals surface area (Å²) in [6.07, 6.45) is 3.69. The number of anilines is 2. The van der Waals surface area contributed by atoms with Gasteiger partial charge in [0.2, 0.25) is 0 Å². The van der Waals surface area contributed by atoms with Crippen LogP contribution in [0.5, 0.6) is 11.5 Å². The highest BCUT2D eigenvalue weighted by atomic mass is 16.5. The number of amides is 1. The zero-order chi connectivity index (χ0) is 21.8. The van der Waals surface area contributed by atoms with Crippen molar-refractivity contribution in [2.45, 2.75) is 33.6 Å². The van der Waals surface area contributed by atoms with Crippen molar-refractivity contribution in [1.82, 2.24) is 14.9 Å². The third-order valence-electron chi connectivity index (χ3n) is 5.31. The van der Waals surface area contributed by atoms with E-state index < -0.39 is 0 Å². The van der Waals surface area contributed by atoms with Crippen LogP contribution in [-0.4, -0.2) is 47.1 Å². The minimum atomic E-state index is -0.0195. The Morgan fingerprint density at radius 2 is 1.87 bits per heavy atom. The van der Waals surface area contributed by atoms with Gasteiger partial charge in [-0.15, -0.1) is 0 Å². The average Bonchev–Trinajstić information content (AvgIpc) is 3.30.